The second-order valence-corrected chi connectivity index (χ2v) is 13.4. The van der Waals surface area contributed by atoms with E-state index in [-0.39, 0.29) is 17.0 Å². The zero-order valence-electron chi connectivity index (χ0n) is 24.2. The fourth-order valence-corrected chi connectivity index (χ4v) is 7.53. The van der Waals surface area contributed by atoms with Gasteiger partial charge < -0.3 is 10.1 Å². The third kappa shape index (κ3) is 6.52. The number of alkyl halides is 2. The van der Waals surface area contributed by atoms with E-state index in [0.29, 0.717) is 56.1 Å². The minimum Gasteiger partial charge on any atom is -0.372 e. The molecule has 0 bridgehead atoms. The van der Waals surface area contributed by atoms with Crippen LogP contribution in [0, 0.1) is 0 Å². The number of pyridine rings is 1. The van der Waals surface area contributed by atoms with Crippen LogP contribution in [0.25, 0.3) is 11.0 Å². The molecule has 1 aliphatic carbocycles. The maximum atomic E-state index is 13.6. The summed E-state index contributed by atoms with van der Waals surface area (Å²) in [6, 6.07) is 17.6. The summed E-state index contributed by atoms with van der Waals surface area (Å²) >= 11 is 0. The summed E-state index contributed by atoms with van der Waals surface area (Å²) in [6.45, 7) is 1.50. The number of benzene rings is 2. The number of aromatic nitrogens is 3. The number of hydrogen-bond acceptors (Lipinski definition) is 7. The second kappa shape index (κ2) is 13.1. The van der Waals surface area contributed by atoms with Crippen molar-refractivity contribution in [3.63, 3.8) is 0 Å². The van der Waals surface area contributed by atoms with E-state index in [4.69, 9.17) is 4.74 Å². The van der Waals surface area contributed by atoms with Gasteiger partial charge in [0.05, 0.1) is 23.7 Å². The Hall–Kier alpha value is -3.74. The second-order valence-electron chi connectivity index (χ2n) is 11.4. The number of halogens is 2. The van der Waals surface area contributed by atoms with E-state index in [0.717, 1.165) is 36.8 Å². The smallest absolute Gasteiger partial charge is 0.269 e. The molecule has 1 N–H and O–H groups in total. The number of fused-ring (bicyclic) bond motifs is 1. The summed E-state index contributed by atoms with van der Waals surface area (Å²) in [5.41, 5.74) is 1.08. The summed E-state index contributed by atoms with van der Waals surface area (Å²) in [5, 5.41) is 3.67. The van der Waals surface area contributed by atoms with Crippen molar-refractivity contribution in [1.29, 1.82) is 0 Å². The Morgan fingerprint density at radius 3 is 2.25 bits per heavy atom. The van der Waals surface area contributed by atoms with Crippen LogP contribution in [0.1, 0.15) is 67.7 Å². The van der Waals surface area contributed by atoms with E-state index < -0.39 is 27.6 Å². The number of nitrogens with one attached hydrogen (secondary N) is 1. The standard InChI is InChI=1S/C32H35F2N5O4S/c33-29(34)28-18-24-19-35-32(37-30(24)39(31(28)40)26-8-4-5-9-26)36-25-14-16-38(17-15-25)44(41,42)27-12-10-23(11-13-27)21-43-20-22-6-2-1-3-7-22/h1-3,6-7,10-13,18-19,25-26,29H,4-5,8-9,14-17,20-21H2,(H,35,36,37). The molecule has 6 rings (SSSR count). The van der Waals surface area contributed by atoms with Crippen molar-refractivity contribution in [1.82, 2.24) is 18.8 Å². The van der Waals surface area contributed by atoms with Crippen molar-refractivity contribution in [3.8, 4) is 0 Å². The maximum absolute atomic E-state index is 13.6. The first-order valence-corrected chi connectivity index (χ1v) is 16.4. The van der Waals surface area contributed by atoms with Crippen molar-refractivity contribution in [2.24, 2.45) is 0 Å². The van der Waals surface area contributed by atoms with Crippen LogP contribution < -0.4 is 10.9 Å². The van der Waals surface area contributed by atoms with Crippen LogP contribution >= 0.6 is 0 Å². The molecule has 2 aliphatic rings. The Morgan fingerprint density at radius 2 is 1.59 bits per heavy atom. The molecule has 0 amide bonds. The van der Waals surface area contributed by atoms with E-state index in [1.54, 1.807) is 24.3 Å². The zero-order valence-corrected chi connectivity index (χ0v) is 25.1. The number of nitrogens with zero attached hydrogens (tertiary/aromatic N) is 4. The van der Waals surface area contributed by atoms with Crippen LogP contribution in [-0.2, 0) is 28.0 Å². The van der Waals surface area contributed by atoms with Gasteiger partial charge in [-0.05, 0) is 55.0 Å². The Labute approximate surface area is 255 Å². The highest BCUT2D eigenvalue weighted by atomic mass is 32.2. The minimum atomic E-state index is -3.66. The first-order valence-electron chi connectivity index (χ1n) is 15.0. The van der Waals surface area contributed by atoms with Crippen molar-refractivity contribution in [3.05, 3.63) is 93.9 Å². The average molecular weight is 624 g/mol. The monoisotopic (exact) mass is 623 g/mol. The topological polar surface area (TPSA) is 106 Å². The number of sulfonamides is 1. The molecular weight excluding hydrogens is 588 g/mol. The third-order valence-electron chi connectivity index (χ3n) is 8.45. The largest absolute Gasteiger partial charge is 0.372 e. The Morgan fingerprint density at radius 1 is 0.932 bits per heavy atom. The van der Waals surface area contributed by atoms with E-state index in [1.165, 1.54) is 21.1 Å². The fraction of sp³-hybridized carbons (Fsp3) is 0.406. The molecule has 3 heterocycles. The van der Waals surface area contributed by atoms with Crippen LogP contribution in [0.3, 0.4) is 0 Å². The molecule has 44 heavy (non-hydrogen) atoms. The van der Waals surface area contributed by atoms with E-state index in [9.17, 15) is 22.0 Å². The summed E-state index contributed by atoms with van der Waals surface area (Å²) < 4.78 is 62.6. The van der Waals surface area contributed by atoms with Gasteiger partial charge in [0.2, 0.25) is 16.0 Å². The Bertz CT molecular complexity index is 1750. The number of piperidine rings is 1. The van der Waals surface area contributed by atoms with Gasteiger partial charge in [0.1, 0.15) is 5.65 Å². The van der Waals surface area contributed by atoms with Gasteiger partial charge in [0.25, 0.3) is 12.0 Å². The average Bonchev–Trinajstić information content (AvgIpc) is 3.56. The number of rotatable bonds is 10. The summed E-state index contributed by atoms with van der Waals surface area (Å²) in [5.74, 6) is 0.292. The summed E-state index contributed by atoms with van der Waals surface area (Å²) in [7, 11) is -3.66. The lowest BCUT2D eigenvalue weighted by Crippen LogP contribution is -2.42. The van der Waals surface area contributed by atoms with Gasteiger partial charge in [-0.25, -0.2) is 22.2 Å². The van der Waals surface area contributed by atoms with Crippen molar-refractivity contribution in [2.45, 2.75) is 75.1 Å². The van der Waals surface area contributed by atoms with Crippen molar-refractivity contribution >= 4 is 27.0 Å². The highest BCUT2D eigenvalue weighted by Gasteiger charge is 2.30. The van der Waals surface area contributed by atoms with E-state index in [1.807, 2.05) is 30.3 Å². The Balaban J connectivity index is 1.09. The summed E-state index contributed by atoms with van der Waals surface area (Å²) in [6.07, 6.45) is 3.01. The maximum Gasteiger partial charge on any atom is 0.269 e. The first-order chi connectivity index (χ1) is 21.3. The molecule has 2 aromatic heterocycles. The lowest BCUT2D eigenvalue weighted by atomic mass is 10.1. The molecule has 0 spiro atoms. The normalized spacial score (nSPS) is 17.1. The van der Waals surface area contributed by atoms with Crippen LogP contribution in [0.15, 0.2) is 76.6 Å². The third-order valence-corrected chi connectivity index (χ3v) is 10.4. The predicted molar refractivity (Wildman–Crippen MR) is 163 cm³/mol. The molecule has 1 saturated heterocycles. The quantitative estimate of drug-likeness (QED) is 0.237. The molecular formula is C32H35F2N5O4S. The summed E-state index contributed by atoms with van der Waals surface area (Å²) in [4.78, 5) is 22.2. The van der Waals surface area contributed by atoms with Crippen LogP contribution in [-0.4, -0.2) is 46.4 Å². The number of hydrogen-bond donors (Lipinski definition) is 1. The molecule has 1 saturated carbocycles. The van der Waals surface area contributed by atoms with Crippen molar-refractivity contribution in [2.75, 3.05) is 18.4 Å². The van der Waals surface area contributed by atoms with Crippen molar-refractivity contribution < 1.29 is 21.9 Å². The molecule has 0 atom stereocenters. The van der Waals surface area contributed by atoms with Gasteiger partial charge in [-0.15, -0.1) is 0 Å². The SMILES string of the molecule is O=c1c(C(F)F)cc2cnc(NC3CCN(S(=O)(=O)c4ccc(COCc5ccccc5)cc4)CC3)nc2n1C1CCCC1. The molecule has 2 fully saturated rings. The zero-order chi connectivity index (χ0) is 30.7. The molecule has 0 unspecified atom stereocenters. The molecule has 2 aromatic carbocycles. The van der Waals surface area contributed by atoms with Crippen LogP contribution in [0.2, 0.25) is 0 Å². The highest BCUT2D eigenvalue weighted by Crippen LogP contribution is 2.32. The minimum absolute atomic E-state index is 0.0879. The molecule has 9 nitrogen and oxygen atoms in total. The lowest BCUT2D eigenvalue weighted by molar-refractivity contribution is 0.107. The van der Waals surface area contributed by atoms with Gasteiger partial charge in [-0.2, -0.15) is 9.29 Å². The fourth-order valence-electron chi connectivity index (χ4n) is 6.06. The molecule has 232 valence electrons. The molecule has 1 aliphatic heterocycles. The van der Waals surface area contributed by atoms with Gasteiger partial charge in [-0.3, -0.25) is 9.36 Å². The van der Waals surface area contributed by atoms with Crippen LogP contribution in [0.4, 0.5) is 14.7 Å². The number of ether oxygens (including phenoxy) is 1. The molecule has 12 heteroatoms. The van der Waals surface area contributed by atoms with Gasteiger partial charge >= 0.3 is 0 Å². The van der Waals surface area contributed by atoms with Gasteiger partial charge in [-0.1, -0.05) is 55.3 Å². The number of anilines is 1. The molecule has 0 radical (unpaired) electrons. The predicted octanol–water partition coefficient (Wildman–Crippen LogP) is 5.83. The van der Waals surface area contributed by atoms with E-state index >= 15 is 0 Å². The molecule has 4 aromatic rings. The van der Waals surface area contributed by atoms with E-state index in [2.05, 4.69) is 15.3 Å². The first kappa shape index (κ1) is 30.3. The van der Waals surface area contributed by atoms with Gasteiger partial charge in [0, 0.05) is 36.8 Å². The lowest BCUT2D eigenvalue weighted by Gasteiger charge is -2.31. The van der Waals surface area contributed by atoms with Gasteiger partial charge in [0.15, 0.2) is 0 Å². The Kier molecular flexibility index (Phi) is 9.01. The highest BCUT2D eigenvalue weighted by molar-refractivity contribution is 7.89. The van der Waals surface area contributed by atoms with Crippen LogP contribution in [0.5, 0.6) is 0 Å².